The monoisotopic (exact) mass is 354 g/mol. The number of aromatic amines is 1. The Morgan fingerprint density at radius 2 is 1.89 bits per heavy atom. The third kappa shape index (κ3) is 2.82. The molecule has 1 aliphatic heterocycles. The normalized spacial score (nSPS) is 17.2. The molecule has 5 rings (SSSR count). The number of hydrogen-bond acceptors (Lipinski definition) is 3. The first kappa shape index (κ1) is 16.2. The smallest absolute Gasteiger partial charge is 0.0914 e. The van der Waals surface area contributed by atoms with Gasteiger partial charge in [-0.25, -0.2) is 0 Å². The molecular weight excluding hydrogens is 332 g/mol. The topological polar surface area (TPSA) is 44.8 Å². The van der Waals surface area contributed by atoms with Crippen LogP contribution in [0.5, 0.6) is 0 Å². The van der Waals surface area contributed by atoms with Crippen LogP contribution in [-0.2, 0) is 6.54 Å². The van der Waals surface area contributed by atoms with Gasteiger partial charge in [-0.2, -0.15) is 0 Å². The lowest BCUT2D eigenvalue weighted by molar-refractivity contribution is 0.294. The third-order valence-corrected chi connectivity index (χ3v) is 5.53. The van der Waals surface area contributed by atoms with Gasteiger partial charge in [0, 0.05) is 48.2 Å². The van der Waals surface area contributed by atoms with Crippen molar-refractivity contribution in [1.82, 2.24) is 19.9 Å². The first-order valence-electron chi connectivity index (χ1n) is 9.36. The zero-order chi connectivity index (χ0) is 18.4. The van der Waals surface area contributed by atoms with Gasteiger partial charge < -0.3 is 9.88 Å². The van der Waals surface area contributed by atoms with Crippen molar-refractivity contribution in [2.75, 3.05) is 13.6 Å². The highest BCUT2D eigenvalue weighted by molar-refractivity contribution is 5.80. The lowest BCUT2D eigenvalue weighted by atomic mass is 9.86. The Morgan fingerprint density at radius 3 is 2.74 bits per heavy atom. The number of aryl methyl sites for hydroxylation is 1. The van der Waals surface area contributed by atoms with Crippen LogP contribution in [-0.4, -0.2) is 33.4 Å². The van der Waals surface area contributed by atoms with Crippen LogP contribution < -0.4 is 0 Å². The van der Waals surface area contributed by atoms with E-state index in [1.165, 1.54) is 27.7 Å². The number of fused-ring (bicyclic) bond motifs is 2. The molecule has 3 heterocycles. The molecule has 0 amide bonds. The number of likely N-dealkylation sites (N-methyl/N-ethyl adjacent to an activating group) is 1. The summed E-state index contributed by atoms with van der Waals surface area (Å²) in [6.07, 6.45) is 3.51. The minimum Gasteiger partial charge on any atom is -0.358 e. The molecule has 1 unspecified atom stereocenters. The average molecular weight is 354 g/mol. The highest BCUT2D eigenvalue weighted by Gasteiger charge is 2.26. The van der Waals surface area contributed by atoms with Crippen LogP contribution in [0, 0.1) is 6.92 Å². The fourth-order valence-corrected chi connectivity index (χ4v) is 4.24. The summed E-state index contributed by atoms with van der Waals surface area (Å²) in [4.78, 5) is 15.0. The van der Waals surface area contributed by atoms with Gasteiger partial charge >= 0.3 is 0 Å². The molecule has 27 heavy (non-hydrogen) atoms. The SMILES string of the molecule is Cc1nccnc1-c1ccc2c(c1)CN(C)CC2c1cc2ccccc2[nH]1. The molecule has 1 atom stereocenters. The molecule has 2 aromatic carbocycles. The highest BCUT2D eigenvalue weighted by atomic mass is 15.1. The van der Waals surface area contributed by atoms with E-state index < -0.39 is 0 Å². The Kier molecular flexibility index (Phi) is 3.80. The minimum atomic E-state index is 0.350. The van der Waals surface area contributed by atoms with Crippen molar-refractivity contribution in [1.29, 1.82) is 0 Å². The predicted molar refractivity (Wildman–Crippen MR) is 109 cm³/mol. The van der Waals surface area contributed by atoms with E-state index in [1.54, 1.807) is 12.4 Å². The number of rotatable bonds is 2. The van der Waals surface area contributed by atoms with Crippen LogP contribution in [0.3, 0.4) is 0 Å². The number of benzene rings is 2. The summed E-state index contributed by atoms with van der Waals surface area (Å²) in [5, 5.41) is 1.27. The second-order valence-corrected chi connectivity index (χ2v) is 7.47. The molecule has 0 aliphatic carbocycles. The molecular formula is C23H22N4. The lowest BCUT2D eigenvalue weighted by Gasteiger charge is -2.32. The Labute approximate surface area is 158 Å². The summed E-state index contributed by atoms with van der Waals surface area (Å²) in [7, 11) is 2.19. The van der Waals surface area contributed by atoms with Gasteiger partial charge in [-0.05, 0) is 48.7 Å². The zero-order valence-corrected chi connectivity index (χ0v) is 15.6. The quantitative estimate of drug-likeness (QED) is 0.576. The van der Waals surface area contributed by atoms with Crippen LogP contribution in [0.1, 0.15) is 28.4 Å². The lowest BCUT2D eigenvalue weighted by Crippen LogP contribution is -2.31. The van der Waals surface area contributed by atoms with Crippen LogP contribution in [0.25, 0.3) is 22.2 Å². The number of aromatic nitrogens is 3. The summed E-state index contributed by atoms with van der Waals surface area (Å²) in [6.45, 7) is 3.99. The summed E-state index contributed by atoms with van der Waals surface area (Å²) < 4.78 is 0. The second-order valence-electron chi connectivity index (χ2n) is 7.47. The Balaban J connectivity index is 1.60. The number of H-pyrrole nitrogens is 1. The van der Waals surface area contributed by atoms with Crippen molar-refractivity contribution in [2.45, 2.75) is 19.4 Å². The summed E-state index contributed by atoms with van der Waals surface area (Å²) in [5.41, 5.74) is 8.34. The van der Waals surface area contributed by atoms with Crippen LogP contribution in [0.4, 0.5) is 0 Å². The fraction of sp³-hybridized carbons (Fsp3) is 0.217. The predicted octanol–water partition coefficient (Wildman–Crippen LogP) is 4.51. The minimum absolute atomic E-state index is 0.350. The maximum Gasteiger partial charge on any atom is 0.0914 e. The first-order chi connectivity index (χ1) is 13.2. The number of nitrogens with zero attached hydrogens (tertiary/aromatic N) is 3. The Morgan fingerprint density at radius 1 is 1.04 bits per heavy atom. The van der Waals surface area contributed by atoms with E-state index in [4.69, 9.17) is 0 Å². The number of hydrogen-bond donors (Lipinski definition) is 1. The van der Waals surface area contributed by atoms with E-state index >= 15 is 0 Å². The maximum atomic E-state index is 4.54. The van der Waals surface area contributed by atoms with Crippen LogP contribution >= 0.6 is 0 Å². The molecule has 0 fully saturated rings. The molecule has 134 valence electrons. The van der Waals surface area contributed by atoms with Gasteiger partial charge in [0.25, 0.3) is 0 Å². The van der Waals surface area contributed by atoms with Gasteiger partial charge in [-0.1, -0.05) is 30.3 Å². The first-order valence-corrected chi connectivity index (χ1v) is 9.36. The fourth-order valence-electron chi connectivity index (χ4n) is 4.24. The van der Waals surface area contributed by atoms with E-state index in [9.17, 15) is 0 Å². The van der Waals surface area contributed by atoms with Crippen molar-refractivity contribution in [3.8, 4) is 11.3 Å². The van der Waals surface area contributed by atoms with E-state index in [1.807, 2.05) is 6.92 Å². The van der Waals surface area contributed by atoms with Gasteiger partial charge in [0.05, 0.1) is 11.4 Å². The number of nitrogens with one attached hydrogen (secondary N) is 1. The van der Waals surface area contributed by atoms with Gasteiger partial charge in [-0.15, -0.1) is 0 Å². The van der Waals surface area contributed by atoms with Crippen LogP contribution in [0.2, 0.25) is 0 Å². The molecule has 1 aliphatic rings. The second kappa shape index (κ2) is 6.32. The molecule has 1 N–H and O–H groups in total. The molecule has 0 saturated carbocycles. The van der Waals surface area contributed by atoms with Crippen molar-refractivity contribution >= 4 is 10.9 Å². The van der Waals surface area contributed by atoms with E-state index in [-0.39, 0.29) is 0 Å². The Bertz CT molecular complexity index is 1100. The molecule has 2 aromatic heterocycles. The summed E-state index contributed by atoms with van der Waals surface area (Å²) >= 11 is 0. The highest BCUT2D eigenvalue weighted by Crippen LogP contribution is 2.36. The van der Waals surface area contributed by atoms with E-state index in [2.05, 4.69) is 75.4 Å². The van der Waals surface area contributed by atoms with Crippen molar-refractivity contribution < 1.29 is 0 Å². The Hall–Kier alpha value is -2.98. The van der Waals surface area contributed by atoms with E-state index in [0.29, 0.717) is 5.92 Å². The summed E-state index contributed by atoms with van der Waals surface area (Å²) in [6, 6.07) is 17.5. The largest absolute Gasteiger partial charge is 0.358 e. The van der Waals surface area contributed by atoms with E-state index in [0.717, 1.165) is 30.0 Å². The molecule has 0 bridgehead atoms. The average Bonchev–Trinajstić information content (AvgIpc) is 3.11. The van der Waals surface area contributed by atoms with Gasteiger partial charge in [0.15, 0.2) is 0 Å². The van der Waals surface area contributed by atoms with Crippen molar-refractivity contribution in [2.24, 2.45) is 0 Å². The van der Waals surface area contributed by atoms with Gasteiger partial charge in [0.2, 0.25) is 0 Å². The maximum absolute atomic E-state index is 4.54. The third-order valence-electron chi connectivity index (χ3n) is 5.53. The van der Waals surface area contributed by atoms with Crippen molar-refractivity contribution in [3.05, 3.63) is 83.4 Å². The molecule has 4 nitrogen and oxygen atoms in total. The standard InChI is InChI=1S/C23H22N4/c1-15-23(25-10-9-24-15)17-7-8-19-18(11-17)13-27(2)14-20(19)22-12-16-5-3-4-6-21(16)26-22/h3-12,20,26H,13-14H2,1-2H3. The van der Waals surface area contributed by atoms with Gasteiger partial charge in [0.1, 0.15) is 0 Å². The molecule has 0 saturated heterocycles. The molecule has 0 radical (unpaired) electrons. The summed E-state index contributed by atoms with van der Waals surface area (Å²) in [5.74, 6) is 0.350. The number of para-hydroxylation sites is 1. The molecule has 0 spiro atoms. The molecule has 4 heteroatoms. The van der Waals surface area contributed by atoms with Gasteiger partial charge in [-0.3, -0.25) is 9.97 Å². The zero-order valence-electron chi connectivity index (χ0n) is 15.6. The molecule has 4 aromatic rings. The van der Waals surface area contributed by atoms with Crippen molar-refractivity contribution in [3.63, 3.8) is 0 Å². The van der Waals surface area contributed by atoms with Crippen LogP contribution in [0.15, 0.2) is 60.9 Å².